The first-order chi connectivity index (χ1) is 10.8. The van der Waals surface area contributed by atoms with E-state index in [1.165, 1.54) is 0 Å². The molecule has 122 valence electrons. The van der Waals surface area contributed by atoms with Gasteiger partial charge in [0, 0.05) is 11.3 Å². The summed E-state index contributed by atoms with van der Waals surface area (Å²) in [5.41, 5.74) is 3.38. The number of carbonyl (C=O) groups excluding carboxylic acids is 1. The average Bonchev–Trinajstić information content (AvgIpc) is 2.46. The number of amides is 1. The molecule has 0 aliphatic rings. The Morgan fingerprint density at radius 2 is 1.65 bits per heavy atom. The summed E-state index contributed by atoms with van der Waals surface area (Å²) in [5.74, 6) is -0.318. The topological polar surface area (TPSA) is 41.1 Å². The van der Waals surface area contributed by atoms with Crippen molar-refractivity contribution in [1.82, 2.24) is 5.32 Å². The first kappa shape index (κ1) is 17.9. The van der Waals surface area contributed by atoms with E-state index in [1.54, 1.807) is 12.1 Å². The lowest BCUT2D eigenvalue weighted by molar-refractivity contribution is 0.0942. The number of halogens is 3. The van der Waals surface area contributed by atoms with E-state index in [0.717, 1.165) is 16.8 Å². The Balaban J connectivity index is 2.16. The quantitative estimate of drug-likeness (QED) is 0.596. The predicted molar refractivity (Wildman–Crippen MR) is 97.5 cm³/mol. The number of anilines is 1. The Hall–Kier alpha value is -1.42. The van der Waals surface area contributed by atoms with E-state index in [4.69, 9.17) is 34.8 Å². The van der Waals surface area contributed by atoms with Gasteiger partial charge >= 0.3 is 0 Å². The summed E-state index contributed by atoms with van der Waals surface area (Å²) in [7, 11) is 0. The van der Waals surface area contributed by atoms with Gasteiger partial charge in [-0.2, -0.15) is 0 Å². The van der Waals surface area contributed by atoms with Gasteiger partial charge in [0.2, 0.25) is 3.79 Å². The average molecular weight is 372 g/mol. The molecule has 0 saturated heterocycles. The van der Waals surface area contributed by atoms with Crippen molar-refractivity contribution in [2.45, 2.75) is 23.8 Å². The van der Waals surface area contributed by atoms with Gasteiger partial charge in [-0.15, -0.1) is 0 Å². The molecule has 3 nitrogen and oxygen atoms in total. The van der Waals surface area contributed by atoms with Crippen molar-refractivity contribution in [3.05, 3.63) is 65.2 Å². The molecule has 0 aromatic heterocycles. The Bertz CT molecular complexity index is 681. The molecule has 0 bridgehead atoms. The highest BCUT2D eigenvalue weighted by molar-refractivity contribution is 6.68. The van der Waals surface area contributed by atoms with Crippen molar-refractivity contribution in [2.75, 3.05) is 5.32 Å². The van der Waals surface area contributed by atoms with Crippen molar-refractivity contribution in [3.8, 4) is 0 Å². The molecular weight excluding hydrogens is 355 g/mol. The number of hydrogen-bond acceptors (Lipinski definition) is 2. The van der Waals surface area contributed by atoms with Crippen LogP contribution in [0.3, 0.4) is 0 Å². The molecule has 0 saturated carbocycles. The minimum atomic E-state index is -1.70. The van der Waals surface area contributed by atoms with E-state index < -0.39 is 9.96 Å². The Labute approximate surface area is 150 Å². The number of carbonyl (C=O) groups is 1. The summed E-state index contributed by atoms with van der Waals surface area (Å²) in [6, 6.07) is 14.8. The summed E-state index contributed by atoms with van der Waals surface area (Å²) >= 11 is 18.0. The zero-order chi connectivity index (χ0) is 17.0. The molecule has 2 aromatic carbocycles. The number of aryl methyl sites for hydroxylation is 2. The lowest BCUT2D eigenvalue weighted by atomic mass is 10.1. The molecule has 0 aliphatic heterocycles. The van der Waals surface area contributed by atoms with Crippen molar-refractivity contribution < 1.29 is 4.79 Å². The highest BCUT2D eigenvalue weighted by Gasteiger charge is 2.34. The maximum Gasteiger partial charge on any atom is 0.252 e. The van der Waals surface area contributed by atoms with Crippen LogP contribution in [0.4, 0.5) is 5.69 Å². The van der Waals surface area contributed by atoms with Crippen LogP contribution in [0.1, 0.15) is 21.5 Å². The number of rotatable bonds is 4. The molecule has 0 radical (unpaired) electrons. The molecule has 23 heavy (non-hydrogen) atoms. The lowest BCUT2D eigenvalue weighted by Gasteiger charge is -2.27. The molecule has 0 spiro atoms. The van der Waals surface area contributed by atoms with Crippen LogP contribution in [-0.2, 0) is 0 Å². The summed E-state index contributed by atoms with van der Waals surface area (Å²) in [6.07, 6.45) is -0.872. The third kappa shape index (κ3) is 5.31. The van der Waals surface area contributed by atoms with Gasteiger partial charge in [-0.05, 0) is 43.7 Å². The number of alkyl halides is 3. The largest absolute Gasteiger partial charge is 0.362 e. The predicted octanol–water partition coefficient (Wildman–Crippen LogP) is 4.84. The SMILES string of the molecule is Cc1ccc(C(=O)N[C@H](Nc2cccc(C)c2)C(Cl)(Cl)Cl)cc1. The smallest absolute Gasteiger partial charge is 0.252 e. The van der Waals surface area contributed by atoms with Crippen LogP contribution in [0, 0.1) is 13.8 Å². The number of nitrogens with one attached hydrogen (secondary N) is 2. The fourth-order valence-electron chi connectivity index (χ4n) is 2.02. The minimum absolute atomic E-state index is 0.318. The molecule has 2 aromatic rings. The second-order valence-corrected chi connectivity index (χ2v) is 7.70. The van der Waals surface area contributed by atoms with Crippen LogP contribution in [0.25, 0.3) is 0 Å². The lowest BCUT2D eigenvalue weighted by Crippen LogP contribution is -2.49. The van der Waals surface area contributed by atoms with Crippen LogP contribution < -0.4 is 10.6 Å². The summed E-state index contributed by atoms with van der Waals surface area (Å²) < 4.78 is -1.70. The summed E-state index contributed by atoms with van der Waals surface area (Å²) in [6.45, 7) is 3.91. The van der Waals surface area contributed by atoms with Crippen molar-refractivity contribution in [3.63, 3.8) is 0 Å². The molecule has 1 atom stereocenters. The van der Waals surface area contributed by atoms with Crippen LogP contribution in [0.5, 0.6) is 0 Å². The normalized spacial score (nSPS) is 12.6. The van der Waals surface area contributed by atoms with Crippen molar-refractivity contribution >= 4 is 46.4 Å². The van der Waals surface area contributed by atoms with Gasteiger partial charge in [0.15, 0.2) is 0 Å². The third-order valence-corrected chi connectivity index (χ3v) is 3.90. The molecule has 0 heterocycles. The maximum atomic E-state index is 12.3. The van der Waals surface area contributed by atoms with Crippen LogP contribution in [0.15, 0.2) is 48.5 Å². The first-order valence-electron chi connectivity index (χ1n) is 7.03. The fourth-order valence-corrected chi connectivity index (χ4v) is 2.35. The molecule has 2 rings (SSSR count). The van der Waals surface area contributed by atoms with Crippen LogP contribution in [-0.4, -0.2) is 15.9 Å². The van der Waals surface area contributed by atoms with Crippen LogP contribution in [0.2, 0.25) is 0 Å². The zero-order valence-electron chi connectivity index (χ0n) is 12.7. The Morgan fingerprint density at radius 1 is 1.00 bits per heavy atom. The zero-order valence-corrected chi connectivity index (χ0v) is 15.0. The second-order valence-electron chi connectivity index (χ2n) is 5.33. The van der Waals surface area contributed by atoms with Gasteiger partial charge in [-0.25, -0.2) is 0 Å². The standard InChI is InChI=1S/C17H17Cl3N2O/c1-11-6-8-13(9-7-11)15(23)22-16(17(18,19)20)21-14-5-3-4-12(2)10-14/h3-10,16,21H,1-2H3,(H,22,23)/t16-/m0/s1. The Kier molecular flexibility index (Phi) is 5.79. The van der Waals surface area contributed by atoms with Crippen molar-refractivity contribution in [2.24, 2.45) is 0 Å². The number of benzene rings is 2. The molecule has 0 aliphatic carbocycles. The first-order valence-corrected chi connectivity index (χ1v) is 8.16. The van der Waals surface area contributed by atoms with Crippen LogP contribution >= 0.6 is 34.8 Å². The van der Waals surface area contributed by atoms with Gasteiger partial charge in [-0.3, -0.25) is 4.79 Å². The van der Waals surface area contributed by atoms with Gasteiger partial charge in [-0.1, -0.05) is 64.6 Å². The highest BCUT2D eigenvalue weighted by atomic mass is 35.6. The molecule has 2 N–H and O–H groups in total. The molecular formula is C17H17Cl3N2O. The minimum Gasteiger partial charge on any atom is -0.362 e. The molecule has 0 fully saturated rings. The molecule has 1 amide bonds. The highest BCUT2D eigenvalue weighted by Crippen LogP contribution is 2.31. The van der Waals surface area contributed by atoms with E-state index >= 15 is 0 Å². The fraction of sp³-hybridized carbons (Fsp3) is 0.235. The van der Waals surface area contributed by atoms with Gasteiger partial charge in [0.05, 0.1) is 0 Å². The van der Waals surface area contributed by atoms with Gasteiger partial charge in [0.25, 0.3) is 5.91 Å². The molecule has 0 unspecified atom stereocenters. The van der Waals surface area contributed by atoms with E-state index in [0.29, 0.717) is 5.56 Å². The van der Waals surface area contributed by atoms with E-state index in [1.807, 2.05) is 50.2 Å². The van der Waals surface area contributed by atoms with E-state index in [-0.39, 0.29) is 5.91 Å². The number of hydrogen-bond donors (Lipinski definition) is 2. The second kappa shape index (κ2) is 7.43. The summed E-state index contributed by atoms with van der Waals surface area (Å²) in [5, 5.41) is 5.76. The Morgan fingerprint density at radius 3 is 2.22 bits per heavy atom. The van der Waals surface area contributed by atoms with Crippen molar-refractivity contribution in [1.29, 1.82) is 0 Å². The monoisotopic (exact) mass is 370 g/mol. The maximum absolute atomic E-state index is 12.3. The van der Waals surface area contributed by atoms with Gasteiger partial charge in [0.1, 0.15) is 6.17 Å². The summed E-state index contributed by atoms with van der Waals surface area (Å²) in [4.78, 5) is 12.3. The molecule has 6 heteroatoms. The van der Waals surface area contributed by atoms with E-state index in [2.05, 4.69) is 10.6 Å². The van der Waals surface area contributed by atoms with Gasteiger partial charge < -0.3 is 10.6 Å². The third-order valence-electron chi connectivity index (χ3n) is 3.25. The van der Waals surface area contributed by atoms with E-state index in [9.17, 15) is 4.79 Å².